The Balaban J connectivity index is 1.99. The summed E-state index contributed by atoms with van der Waals surface area (Å²) in [6.07, 6.45) is 1.55. The van der Waals surface area contributed by atoms with Crippen molar-refractivity contribution in [2.45, 2.75) is 31.8 Å². The molecule has 2 heteroatoms. The van der Waals surface area contributed by atoms with Crippen LogP contribution in [-0.2, 0) is 9.53 Å². The summed E-state index contributed by atoms with van der Waals surface area (Å²) in [5.74, 6) is 0.893. The summed E-state index contributed by atoms with van der Waals surface area (Å²) in [7, 11) is 1.62. The maximum Gasteiger partial charge on any atom is 0.165 e. The van der Waals surface area contributed by atoms with Crippen LogP contribution in [0, 0.1) is 5.92 Å². The number of carbonyl (C=O) groups is 1. The van der Waals surface area contributed by atoms with E-state index < -0.39 is 0 Å². The maximum absolute atomic E-state index is 12.0. The molecule has 3 unspecified atom stereocenters. The molecule has 86 valence electrons. The van der Waals surface area contributed by atoms with Crippen LogP contribution < -0.4 is 0 Å². The third-order valence-corrected chi connectivity index (χ3v) is 3.36. The van der Waals surface area contributed by atoms with Crippen LogP contribution in [0.2, 0.25) is 0 Å². The number of hydrogen-bond donors (Lipinski definition) is 0. The molecule has 0 aliphatic heterocycles. The van der Waals surface area contributed by atoms with Crippen LogP contribution in [-0.4, -0.2) is 19.0 Å². The topological polar surface area (TPSA) is 26.3 Å². The molecule has 1 fully saturated rings. The van der Waals surface area contributed by atoms with Crippen molar-refractivity contribution in [1.29, 1.82) is 0 Å². The molecule has 1 aromatic rings. The normalized spacial score (nSPS) is 25.1. The third kappa shape index (κ3) is 2.17. The summed E-state index contributed by atoms with van der Waals surface area (Å²) in [6, 6.07) is 10.3. The standard InChI is InChI=1S/C14H18O2/c1-3-13(16-2)14(15)12-9-11(12)10-7-5-4-6-8-10/h4-8,11-13H,3,9H2,1-2H3. The minimum Gasteiger partial charge on any atom is -0.374 e. The van der Waals surface area contributed by atoms with Crippen LogP contribution in [0.1, 0.15) is 31.2 Å². The number of hydrogen-bond acceptors (Lipinski definition) is 2. The lowest BCUT2D eigenvalue weighted by Crippen LogP contribution is -2.24. The maximum atomic E-state index is 12.0. The highest BCUT2D eigenvalue weighted by atomic mass is 16.5. The molecular formula is C14H18O2. The quantitative estimate of drug-likeness (QED) is 0.759. The van der Waals surface area contributed by atoms with E-state index in [0.29, 0.717) is 5.92 Å². The van der Waals surface area contributed by atoms with E-state index in [-0.39, 0.29) is 17.8 Å². The summed E-state index contributed by atoms with van der Waals surface area (Å²) in [4.78, 5) is 12.0. The van der Waals surface area contributed by atoms with Crippen LogP contribution in [0.4, 0.5) is 0 Å². The van der Waals surface area contributed by atoms with Gasteiger partial charge in [-0.25, -0.2) is 0 Å². The van der Waals surface area contributed by atoms with Crippen molar-refractivity contribution in [2.24, 2.45) is 5.92 Å². The third-order valence-electron chi connectivity index (χ3n) is 3.36. The van der Waals surface area contributed by atoms with Crippen LogP contribution in [0.15, 0.2) is 30.3 Å². The van der Waals surface area contributed by atoms with Crippen LogP contribution in [0.5, 0.6) is 0 Å². The molecule has 0 bridgehead atoms. The van der Waals surface area contributed by atoms with Crippen molar-refractivity contribution in [1.82, 2.24) is 0 Å². The van der Waals surface area contributed by atoms with Crippen molar-refractivity contribution in [2.75, 3.05) is 7.11 Å². The van der Waals surface area contributed by atoms with Crippen molar-refractivity contribution >= 4 is 5.78 Å². The fraction of sp³-hybridized carbons (Fsp3) is 0.500. The molecule has 1 aliphatic carbocycles. The summed E-state index contributed by atoms with van der Waals surface area (Å²) in [5, 5.41) is 0. The van der Waals surface area contributed by atoms with Gasteiger partial charge in [-0.2, -0.15) is 0 Å². The molecule has 1 aliphatic rings. The molecule has 0 heterocycles. The first kappa shape index (κ1) is 11.3. The highest BCUT2D eigenvalue weighted by molar-refractivity contribution is 5.88. The lowest BCUT2D eigenvalue weighted by Gasteiger charge is -2.11. The van der Waals surface area contributed by atoms with E-state index in [0.717, 1.165) is 12.8 Å². The Kier molecular flexibility index (Phi) is 3.39. The number of rotatable bonds is 5. The first-order valence-electron chi connectivity index (χ1n) is 5.89. The number of methoxy groups -OCH3 is 1. The largest absolute Gasteiger partial charge is 0.374 e. The predicted octanol–water partition coefficient (Wildman–Crippen LogP) is 2.78. The minimum atomic E-state index is -0.210. The highest BCUT2D eigenvalue weighted by Crippen LogP contribution is 2.48. The smallest absolute Gasteiger partial charge is 0.165 e. The first-order chi connectivity index (χ1) is 7.77. The first-order valence-corrected chi connectivity index (χ1v) is 5.89. The van der Waals surface area contributed by atoms with Crippen LogP contribution in [0.25, 0.3) is 0 Å². The summed E-state index contributed by atoms with van der Waals surface area (Å²) >= 11 is 0. The molecule has 0 saturated heterocycles. The fourth-order valence-electron chi connectivity index (χ4n) is 2.30. The van der Waals surface area contributed by atoms with Gasteiger partial charge in [-0.15, -0.1) is 0 Å². The Hall–Kier alpha value is -1.15. The number of ether oxygens (including phenoxy) is 1. The van der Waals surface area contributed by atoms with Crippen molar-refractivity contribution < 1.29 is 9.53 Å². The second-order valence-corrected chi connectivity index (χ2v) is 4.39. The van der Waals surface area contributed by atoms with Gasteiger partial charge in [0.05, 0.1) is 0 Å². The van der Waals surface area contributed by atoms with Gasteiger partial charge in [0, 0.05) is 13.0 Å². The van der Waals surface area contributed by atoms with E-state index in [2.05, 4.69) is 12.1 Å². The SMILES string of the molecule is CCC(OC)C(=O)C1CC1c1ccccc1. The highest BCUT2D eigenvalue weighted by Gasteiger charge is 2.45. The van der Waals surface area contributed by atoms with E-state index in [1.165, 1.54) is 5.56 Å². The Labute approximate surface area is 96.6 Å². The lowest BCUT2D eigenvalue weighted by atomic mass is 10.0. The molecule has 1 aromatic carbocycles. The van der Waals surface area contributed by atoms with Crippen LogP contribution in [0.3, 0.4) is 0 Å². The summed E-state index contributed by atoms with van der Waals surface area (Å²) in [5.41, 5.74) is 1.28. The Morgan fingerprint density at radius 3 is 2.69 bits per heavy atom. The van der Waals surface area contributed by atoms with E-state index in [9.17, 15) is 4.79 Å². The van der Waals surface area contributed by atoms with Gasteiger partial charge in [-0.3, -0.25) is 4.79 Å². The fourth-order valence-corrected chi connectivity index (χ4v) is 2.30. The van der Waals surface area contributed by atoms with Gasteiger partial charge in [0.15, 0.2) is 5.78 Å². The predicted molar refractivity (Wildman–Crippen MR) is 63.4 cm³/mol. The summed E-state index contributed by atoms with van der Waals surface area (Å²) < 4.78 is 5.20. The molecule has 2 rings (SSSR count). The zero-order chi connectivity index (χ0) is 11.5. The average Bonchev–Trinajstić information content (AvgIpc) is 3.11. The average molecular weight is 218 g/mol. The Morgan fingerprint density at radius 2 is 2.12 bits per heavy atom. The van der Waals surface area contributed by atoms with Crippen molar-refractivity contribution in [3.8, 4) is 0 Å². The molecule has 0 spiro atoms. The van der Waals surface area contributed by atoms with Gasteiger partial charge in [-0.1, -0.05) is 37.3 Å². The van der Waals surface area contributed by atoms with E-state index in [4.69, 9.17) is 4.74 Å². The molecule has 0 radical (unpaired) electrons. The van der Waals surface area contributed by atoms with E-state index in [1.807, 2.05) is 25.1 Å². The molecular weight excluding hydrogens is 200 g/mol. The van der Waals surface area contributed by atoms with E-state index >= 15 is 0 Å². The molecule has 0 amide bonds. The van der Waals surface area contributed by atoms with Gasteiger partial charge in [0.1, 0.15) is 6.10 Å². The molecule has 16 heavy (non-hydrogen) atoms. The van der Waals surface area contributed by atoms with Crippen LogP contribution >= 0.6 is 0 Å². The van der Waals surface area contributed by atoms with Crippen molar-refractivity contribution in [3.63, 3.8) is 0 Å². The minimum absolute atomic E-state index is 0.187. The van der Waals surface area contributed by atoms with Crippen molar-refractivity contribution in [3.05, 3.63) is 35.9 Å². The second-order valence-electron chi connectivity index (χ2n) is 4.39. The molecule has 0 N–H and O–H groups in total. The van der Waals surface area contributed by atoms with Gasteiger partial charge >= 0.3 is 0 Å². The van der Waals surface area contributed by atoms with E-state index in [1.54, 1.807) is 7.11 Å². The second kappa shape index (κ2) is 4.79. The monoisotopic (exact) mass is 218 g/mol. The molecule has 1 saturated carbocycles. The number of carbonyl (C=O) groups excluding carboxylic acids is 1. The van der Waals surface area contributed by atoms with Gasteiger partial charge in [-0.05, 0) is 24.3 Å². The zero-order valence-electron chi connectivity index (χ0n) is 9.85. The number of ketones is 1. The lowest BCUT2D eigenvalue weighted by molar-refractivity contribution is -0.130. The van der Waals surface area contributed by atoms with Gasteiger partial charge in [0.2, 0.25) is 0 Å². The summed E-state index contributed by atoms with van der Waals surface area (Å²) in [6.45, 7) is 1.99. The number of Topliss-reactive ketones (excluding diaryl/α,β-unsaturated/α-hetero) is 1. The van der Waals surface area contributed by atoms with Gasteiger partial charge in [0.25, 0.3) is 0 Å². The molecule has 3 atom stereocenters. The van der Waals surface area contributed by atoms with Gasteiger partial charge < -0.3 is 4.74 Å². The number of benzene rings is 1. The molecule has 0 aromatic heterocycles. The Bertz CT molecular complexity index is 354. The zero-order valence-corrected chi connectivity index (χ0v) is 9.85. The molecule has 2 nitrogen and oxygen atoms in total. The Morgan fingerprint density at radius 1 is 1.44 bits per heavy atom.